The molecule has 0 aromatic heterocycles. The maximum Gasteiger partial charge on any atom is 0.119 e. The number of aliphatic hydroxyl groups excluding tert-OH is 2. The lowest BCUT2D eigenvalue weighted by Crippen LogP contribution is -2.57. The van der Waals surface area contributed by atoms with Gasteiger partial charge in [0.25, 0.3) is 0 Å². The van der Waals surface area contributed by atoms with Crippen LogP contribution in [0.15, 0.2) is 64.6 Å². The zero-order chi connectivity index (χ0) is 19.9. The first kappa shape index (κ1) is 20.7. The van der Waals surface area contributed by atoms with Gasteiger partial charge in [-0.05, 0) is 30.2 Å². The Labute approximate surface area is 167 Å². The van der Waals surface area contributed by atoms with Crippen molar-refractivity contribution in [3.05, 3.63) is 76.2 Å². The van der Waals surface area contributed by atoms with E-state index < -0.39 is 29.8 Å². The summed E-state index contributed by atoms with van der Waals surface area (Å²) < 4.78 is 11.8. The van der Waals surface area contributed by atoms with Crippen LogP contribution < -0.4 is 0 Å². The molecule has 2 N–H and O–H groups in total. The minimum Gasteiger partial charge on any atom is -0.394 e. The number of ether oxygens (including phenoxy) is 2. The van der Waals surface area contributed by atoms with E-state index >= 15 is 0 Å². The van der Waals surface area contributed by atoms with Gasteiger partial charge in [0.2, 0.25) is 0 Å². The first-order chi connectivity index (χ1) is 13.6. The van der Waals surface area contributed by atoms with E-state index in [9.17, 15) is 10.2 Å². The van der Waals surface area contributed by atoms with Gasteiger partial charge in [-0.3, -0.25) is 0 Å². The Bertz CT molecular complexity index is 799. The number of aryl methyl sites for hydroxylation is 1. The van der Waals surface area contributed by atoms with E-state index in [2.05, 4.69) is 10.0 Å². The van der Waals surface area contributed by atoms with E-state index in [1.165, 1.54) is 11.8 Å². The van der Waals surface area contributed by atoms with Crippen molar-refractivity contribution in [3.8, 4) is 0 Å². The van der Waals surface area contributed by atoms with E-state index in [-0.39, 0.29) is 13.2 Å². The molecule has 1 unspecified atom stereocenters. The number of azide groups is 1. The van der Waals surface area contributed by atoms with Gasteiger partial charge in [-0.25, -0.2) is 0 Å². The fourth-order valence-electron chi connectivity index (χ4n) is 3.04. The van der Waals surface area contributed by atoms with E-state index in [4.69, 9.17) is 15.0 Å². The molecule has 1 heterocycles. The van der Waals surface area contributed by atoms with Gasteiger partial charge in [-0.2, -0.15) is 0 Å². The highest BCUT2D eigenvalue weighted by Crippen LogP contribution is 2.36. The van der Waals surface area contributed by atoms with Crippen LogP contribution in [0.4, 0.5) is 0 Å². The third kappa shape index (κ3) is 5.05. The lowest BCUT2D eigenvalue weighted by atomic mass is 9.98. The second-order valence-electron chi connectivity index (χ2n) is 6.60. The van der Waals surface area contributed by atoms with Gasteiger partial charge in [0.15, 0.2) is 0 Å². The van der Waals surface area contributed by atoms with Crippen LogP contribution in [-0.4, -0.2) is 46.6 Å². The molecule has 148 valence electrons. The average Bonchev–Trinajstić information content (AvgIpc) is 2.72. The van der Waals surface area contributed by atoms with Crippen molar-refractivity contribution < 1.29 is 19.7 Å². The van der Waals surface area contributed by atoms with Gasteiger partial charge in [0.1, 0.15) is 23.7 Å². The summed E-state index contributed by atoms with van der Waals surface area (Å²) >= 11 is 1.38. The number of benzene rings is 2. The molecular weight excluding hydrogens is 378 g/mol. The SMILES string of the molecule is Cc1ccc(SC2O[C@H](CO)[C@@H](O)[C@H](OCc3ccccc3)[C@H]2N=[N+]=[N-])cc1. The van der Waals surface area contributed by atoms with Crippen LogP contribution in [0.5, 0.6) is 0 Å². The Hall–Kier alpha value is -2.06. The third-order valence-electron chi connectivity index (χ3n) is 4.57. The molecular formula is C20H23N3O4S. The highest BCUT2D eigenvalue weighted by Gasteiger charge is 2.45. The normalized spacial score (nSPS) is 27.2. The van der Waals surface area contributed by atoms with Crippen molar-refractivity contribution in [3.63, 3.8) is 0 Å². The first-order valence-electron chi connectivity index (χ1n) is 9.00. The summed E-state index contributed by atoms with van der Waals surface area (Å²) in [5, 5.41) is 24.1. The molecule has 5 atom stereocenters. The molecule has 0 bridgehead atoms. The Kier molecular flexibility index (Phi) is 7.33. The molecule has 1 aliphatic rings. The van der Waals surface area contributed by atoms with E-state index in [0.29, 0.717) is 0 Å². The van der Waals surface area contributed by atoms with Crippen molar-refractivity contribution in [2.75, 3.05) is 6.61 Å². The van der Waals surface area contributed by atoms with Crippen LogP contribution in [0.1, 0.15) is 11.1 Å². The van der Waals surface area contributed by atoms with Crippen molar-refractivity contribution in [2.45, 2.75) is 48.2 Å². The summed E-state index contributed by atoms with van der Waals surface area (Å²) in [5.41, 5.74) is 10.5. The molecule has 1 saturated heterocycles. The van der Waals surface area contributed by atoms with E-state index in [1.807, 2.05) is 61.5 Å². The molecule has 0 spiro atoms. The highest BCUT2D eigenvalue weighted by molar-refractivity contribution is 7.99. The van der Waals surface area contributed by atoms with Crippen LogP contribution in [-0.2, 0) is 16.1 Å². The Morgan fingerprint density at radius 1 is 1.18 bits per heavy atom. The summed E-state index contributed by atoms with van der Waals surface area (Å²) in [6.07, 6.45) is -2.74. The maximum absolute atomic E-state index is 10.6. The Morgan fingerprint density at radius 3 is 2.54 bits per heavy atom. The fraction of sp³-hybridized carbons (Fsp3) is 0.400. The molecule has 1 aliphatic heterocycles. The monoisotopic (exact) mass is 401 g/mol. The number of thioether (sulfide) groups is 1. The quantitative estimate of drug-likeness (QED) is 0.420. The van der Waals surface area contributed by atoms with Crippen molar-refractivity contribution in [2.24, 2.45) is 5.11 Å². The molecule has 7 nitrogen and oxygen atoms in total. The van der Waals surface area contributed by atoms with Gasteiger partial charge in [-0.15, -0.1) is 0 Å². The number of rotatable bonds is 7. The smallest absolute Gasteiger partial charge is 0.119 e. The number of hydrogen-bond acceptors (Lipinski definition) is 6. The Morgan fingerprint density at radius 2 is 1.89 bits per heavy atom. The summed E-state index contributed by atoms with van der Waals surface area (Å²) in [6.45, 7) is 1.89. The van der Waals surface area contributed by atoms with Gasteiger partial charge >= 0.3 is 0 Å². The standard InChI is InChI=1S/C20H23N3O4S/c1-13-7-9-15(10-8-13)28-20-17(22-23-21)19(18(25)16(11-24)27-20)26-12-14-5-3-2-4-6-14/h2-10,16-20,24-25H,11-12H2,1H3/t16-,17-,18-,19-,20?/m1/s1. The predicted molar refractivity (Wildman–Crippen MR) is 107 cm³/mol. The number of nitrogens with zero attached hydrogens (tertiary/aromatic N) is 3. The zero-order valence-electron chi connectivity index (χ0n) is 15.5. The molecule has 2 aromatic carbocycles. The van der Waals surface area contributed by atoms with Crippen LogP contribution in [0.2, 0.25) is 0 Å². The zero-order valence-corrected chi connectivity index (χ0v) is 16.3. The van der Waals surface area contributed by atoms with Crippen LogP contribution in [0.3, 0.4) is 0 Å². The topological polar surface area (TPSA) is 108 Å². The van der Waals surface area contributed by atoms with Crippen LogP contribution >= 0.6 is 11.8 Å². The number of hydrogen-bond donors (Lipinski definition) is 2. The first-order valence-corrected chi connectivity index (χ1v) is 9.88. The van der Waals surface area contributed by atoms with Gasteiger partial charge in [0, 0.05) is 9.81 Å². The molecule has 8 heteroatoms. The van der Waals surface area contributed by atoms with E-state index in [1.54, 1.807) is 0 Å². The Balaban J connectivity index is 1.81. The lowest BCUT2D eigenvalue weighted by Gasteiger charge is -2.42. The van der Waals surface area contributed by atoms with Gasteiger partial charge in [-0.1, -0.05) is 64.9 Å². The second-order valence-corrected chi connectivity index (χ2v) is 7.78. The average molecular weight is 401 g/mol. The lowest BCUT2D eigenvalue weighted by molar-refractivity contribution is -0.185. The van der Waals surface area contributed by atoms with Crippen molar-refractivity contribution >= 4 is 11.8 Å². The van der Waals surface area contributed by atoms with Crippen molar-refractivity contribution in [1.82, 2.24) is 0 Å². The molecule has 0 amide bonds. The minimum atomic E-state index is -1.11. The minimum absolute atomic E-state index is 0.250. The molecule has 0 aliphatic carbocycles. The second kappa shape index (κ2) is 9.93. The number of aliphatic hydroxyl groups is 2. The summed E-state index contributed by atoms with van der Waals surface area (Å²) in [5.74, 6) is 0. The molecule has 28 heavy (non-hydrogen) atoms. The molecule has 3 rings (SSSR count). The van der Waals surface area contributed by atoms with Crippen molar-refractivity contribution in [1.29, 1.82) is 0 Å². The maximum atomic E-state index is 10.6. The largest absolute Gasteiger partial charge is 0.394 e. The summed E-state index contributed by atoms with van der Waals surface area (Å²) in [7, 11) is 0. The molecule has 0 saturated carbocycles. The molecule has 0 radical (unpaired) electrons. The van der Waals surface area contributed by atoms with E-state index in [0.717, 1.165) is 16.0 Å². The van der Waals surface area contributed by atoms with Crippen LogP contribution in [0.25, 0.3) is 10.4 Å². The predicted octanol–water partition coefficient (Wildman–Crippen LogP) is 3.43. The molecule has 1 fully saturated rings. The molecule has 2 aromatic rings. The highest BCUT2D eigenvalue weighted by atomic mass is 32.2. The third-order valence-corrected chi connectivity index (χ3v) is 5.73. The summed E-state index contributed by atoms with van der Waals surface area (Å²) in [4.78, 5) is 3.87. The van der Waals surface area contributed by atoms with Gasteiger partial charge < -0.3 is 19.7 Å². The van der Waals surface area contributed by atoms with Gasteiger partial charge in [0.05, 0.1) is 19.3 Å². The summed E-state index contributed by atoms with van der Waals surface area (Å²) in [6, 6.07) is 16.7. The fourth-order valence-corrected chi connectivity index (χ4v) is 4.15. The van der Waals surface area contributed by atoms with Crippen LogP contribution in [0, 0.1) is 6.92 Å².